The van der Waals surface area contributed by atoms with Gasteiger partial charge in [0.1, 0.15) is 17.9 Å². The maximum atomic E-state index is 10.3. The predicted molar refractivity (Wildman–Crippen MR) is 148 cm³/mol. The molecule has 2 heterocycles. The molecule has 6 nitrogen and oxygen atoms in total. The van der Waals surface area contributed by atoms with Gasteiger partial charge in [-0.3, -0.25) is 0 Å². The molecular weight excluding hydrogens is 472 g/mol. The molecule has 1 aliphatic carbocycles. The van der Waals surface area contributed by atoms with Crippen molar-refractivity contribution in [1.82, 2.24) is 4.57 Å². The zero-order valence-corrected chi connectivity index (χ0v) is 21.3. The number of benzene rings is 3. The smallest absolute Gasteiger partial charge is 0.121 e. The summed E-state index contributed by atoms with van der Waals surface area (Å²) in [5, 5.41) is 23.8. The third-order valence-corrected chi connectivity index (χ3v) is 7.71. The maximum absolute atomic E-state index is 10.3. The van der Waals surface area contributed by atoms with Crippen LogP contribution in [0.4, 0.5) is 5.69 Å². The van der Waals surface area contributed by atoms with E-state index in [0.717, 1.165) is 83.6 Å². The van der Waals surface area contributed by atoms with Gasteiger partial charge < -0.3 is 19.4 Å². The van der Waals surface area contributed by atoms with E-state index in [-0.39, 0.29) is 6.10 Å². The molecular formula is C32H30N4O2. The second-order valence-electron chi connectivity index (χ2n) is 10.1. The van der Waals surface area contributed by atoms with Gasteiger partial charge in [0, 0.05) is 42.6 Å². The molecule has 1 aromatic heterocycles. The number of hydrogen-bond donors (Lipinski definition) is 1. The molecule has 38 heavy (non-hydrogen) atoms. The molecule has 0 unspecified atom stereocenters. The van der Waals surface area contributed by atoms with Crippen LogP contribution in [0.5, 0.6) is 5.75 Å². The van der Waals surface area contributed by atoms with Crippen LogP contribution in [0.3, 0.4) is 0 Å². The van der Waals surface area contributed by atoms with E-state index in [1.165, 1.54) is 6.42 Å². The predicted octanol–water partition coefficient (Wildman–Crippen LogP) is 6.95. The first kappa shape index (κ1) is 24.1. The van der Waals surface area contributed by atoms with E-state index in [4.69, 9.17) is 14.7 Å². The van der Waals surface area contributed by atoms with Crippen LogP contribution in [0, 0.1) is 22.7 Å². The third-order valence-electron chi connectivity index (χ3n) is 7.71. The third kappa shape index (κ3) is 4.72. The summed E-state index contributed by atoms with van der Waals surface area (Å²) in [6.45, 7) is 2.12. The van der Waals surface area contributed by atoms with Crippen LogP contribution >= 0.6 is 0 Å². The summed E-state index contributed by atoms with van der Waals surface area (Å²) >= 11 is 0. The summed E-state index contributed by atoms with van der Waals surface area (Å²) in [6, 6.07) is 27.2. The second-order valence-corrected chi connectivity index (χ2v) is 10.1. The van der Waals surface area contributed by atoms with Gasteiger partial charge in [-0.1, -0.05) is 24.3 Å². The van der Waals surface area contributed by atoms with Gasteiger partial charge in [-0.25, -0.2) is 0 Å². The van der Waals surface area contributed by atoms with Crippen molar-refractivity contribution in [3.8, 4) is 29.1 Å². The lowest BCUT2D eigenvalue weighted by atomic mass is 9.92. The zero-order chi connectivity index (χ0) is 25.9. The Bertz CT molecular complexity index is 1530. The van der Waals surface area contributed by atoms with Crippen molar-refractivity contribution >= 4 is 16.6 Å². The van der Waals surface area contributed by atoms with E-state index in [0.29, 0.717) is 18.2 Å². The van der Waals surface area contributed by atoms with Gasteiger partial charge in [0.2, 0.25) is 0 Å². The number of rotatable bonds is 7. The standard InChI is InChI=1S/C32H30N4O2/c33-19-22-3-1-4-23(17-22)21-35-25-9-7-24(8-10-25)32-30(20-34)29-12-11-28(38-27-13-15-37-16-14-27)18-31(29)36(32)26-5-2-6-26/h1,3-4,7-12,17-18,26-27,35H,2,5-6,13-16,21H2. The van der Waals surface area contributed by atoms with Gasteiger partial charge in [0.05, 0.1) is 41.6 Å². The SMILES string of the molecule is N#Cc1cccc(CNc2ccc(-c3c(C#N)c4ccc(OC5CCOCC5)cc4n3C3CCC3)cc2)c1. The molecule has 1 saturated heterocycles. The number of anilines is 1. The van der Waals surface area contributed by atoms with Crippen molar-refractivity contribution in [2.45, 2.75) is 50.8 Å². The average molecular weight is 503 g/mol. The normalized spacial score (nSPS) is 15.9. The number of ether oxygens (including phenoxy) is 2. The topological polar surface area (TPSA) is 83.0 Å². The minimum atomic E-state index is 0.172. The Morgan fingerprint density at radius 1 is 0.921 bits per heavy atom. The highest BCUT2D eigenvalue weighted by atomic mass is 16.5. The molecule has 2 fully saturated rings. The minimum Gasteiger partial charge on any atom is -0.490 e. The van der Waals surface area contributed by atoms with Crippen molar-refractivity contribution in [3.63, 3.8) is 0 Å². The summed E-state index contributed by atoms with van der Waals surface area (Å²) in [6.07, 6.45) is 5.42. The highest BCUT2D eigenvalue weighted by Crippen LogP contribution is 2.43. The summed E-state index contributed by atoms with van der Waals surface area (Å²) in [5.41, 5.74) is 6.53. The van der Waals surface area contributed by atoms with E-state index in [9.17, 15) is 5.26 Å². The van der Waals surface area contributed by atoms with E-state index < -0.39 is 0 Å². The summed E-state index contributed by atoms with van der Waals surface area (Å²) in [5.74, 6) is 0.860. The van der Waals surface area contributed by atoms with Gasteiger partial charge in [-0.2, -0.15) is 10.5 Å². The van der Waals surface area contributed by atoms with E-state index in [1.807, 2.05) is 36.4 Å². The summed E-state index contributed by atoms with van der Waals surface area (Å²) < 4.78 is 14.2. The minimum absolute atomic E-state index is 0.172. The lowest BCUT2D eigenvalue weighted by Gasteiger charge is -2.30. The molecule has 0 bridgehead atoms. The number of hydrogen-bond acceptors (Lipinski definition) is 5. The first-order valence-corrected chi connectivity index (χ1v) is 13.4. The highest BCUT2D eigenvalue weighted by Gasteiger charge is 2.28. The van der Waals surface area contributed by atoms with E-state index in [1.54, 1.807) is 0 Å². The Labute approximate surface area is 223 Å². The quantitative estimate of drug-likeness (QED) is 0.296. The van der Waals surface area contributed by atoms with Gasteiger partial charge in [0.25, 0.3) is 0 Å². The Balaban J connectivity index is 1.31. The Kier molecular flexibility index (Phi) is 6.73. The van der Waals surface area contributed by atoms with Gasteiger partial charge in [-0.05, 0) is 66.8 Å². The first-order chi connectivity index (χ1) is 18.7. The van der Waals surface area contributed by atoms with Gasteiger partial charge in [0.15, 0.2) is 0 Å². The fraction of sp³-hybridized carbons (Fsp3) is 0.312. The molecule has 6 rings (SSSR count). The molecule has 2 aliphatic rings. The molecule has 0 atom stereocenters. The lowest BCUT2D eigenvalue weighted by Crippen LogP contribution is -2.25. The van der Waals surface area contributed by atoms with Gasteiger partial charge in [-0.15, -0.1) is 0 Å². The molecule has 6 heteroatoms. The van der Waals surface area contributed by atoms with Gasteiger partial charge >= 0.3 is 0 Å². The van der Waals surface area contributed by atoms with Crippen LogP contribution < -0.4 is 10.1 Å². The van der Waals surface area contributed by atoms with Crippen molar-refractivity contribution in [3.05, 3.63) is 83.4 Å². The Hall–Kier alpha value is -4.26. The number of aromatic nitrogens is 1. The molecule has 4 aromatic rings. The lowest BCUT2D eigenvalue weighted by molar-refractivity contribution is 0.0256. The van der Waals surface area contributed by atoms with Crippen LogP contribution in [0.2, 0.25) is 0 Å². The van der Waals surface area contributed by atoms with Crippen molar-refractivity contribution < 1.29 is 9.47 Å². The highest BCUT2D eigenvalue weighted by molar-refractivity contribution is 5.95. The number of fused-ring (bicyclic) bond motifs is 1. The van der Waals surface area contributed by atoms with Crippen LogP contribution in [0.1, 0.15) is 54.8 Å². The van der Waals surface area contributed by atoms with Crippen molar-refractivity contribution in [2.75, 3.05) is 18.5 Å². The molecule has 1 aliphatic heterocycles. The zero-order valence-electron chi connectivity index (χ0n) is 21.3. The Morgan fingerprint density at radius 2 is 1.74 bits per heavy atom. The molecule has 1 N–H and O–H groups in total. The van der Waals surface area contributed by atoms with E-state index in [2.05, 4.69) is 52.4 Å². The fourth-order valence-corrected chi connectivity index (χ4v) is 5.47. The van der Waals surface area contributed by atoms with Crippen molar-refractivity contribution in [2.24, 2.45) is 0 Å². The van der Waals surface area contributed by atoms with Crippen LogP contribution in [-0.4, -0.2) is 23.9 Å². The largest absolute Gasteiger partial charge is 0.490 e. The van der Waals surface area contributed by atoms with E-state index >= 15 is 0 Å². The summed E-state index contributed by atoms with van der Waals surface area (Å²) in [7, 11) is 0. The van der Waals surface area contributed by atoms with Crippen LogP contribution in [0.25, 0.3) is 22.2 Å². The average Bonchev–Trinajstić information content (AvgIpc) is 3.25. The number of nitriles is 2. The summed E-state index contributed by atoms with van der Waals surface area (Å²) in [4.78, 5) is 0. The molecule has 1 saturated carbocycles. The number of nitrogens with one attached hydrogen (secondary N) is 1. The second kappa shape index (κ2) is 10.6. The monoisotopic (exact) mass is 502 g/mol. The number of nitrogens with zero attached hydrogens (tertiary/aromatic N) is 3. The Morgan fingerprint density at radius 3 is 2.45 bits per heavy atom. The first-order valence-electron chi connectivity index (χ1n) is 13.4. The molecule has 0 amide bonds. The molecule has 3 aromatic carbocycles. The molecule has 0 radical (unpaired) electrons. The van der Waals surface area contributed by atoms with Crippen LogP contribution in [-0.2, 0) is 11.3 Å². The van der Waals surface area contributed by atoms with Crippen LogP contribution in [0.15, 0.2) is 66.7 Å². The maximum Gasteiger partial charge on any atom is 0.121 e. The van der Waals surface area contributed by atoms with Crippen molar-refractivity contribution in [1.29, 1.82) is 10.5 Å². The fourth-order valence-electron chi connectivity index (χ4n) is 5.47. The molecule has 190 valence electrons. The molecule has 0 spiro atoms.